The highest BCUT2D eigenvalue weighted by Gasteiger charge is 2.20. The molecule has 0 fully saturated rings. The fraction of sp³-hybridized carbons (Fsp3) is 0.467. The van der Waals surface area contributed by atoms with Crippen LogP contribution in [0.1, 0.15) is 70.8 Å². The van der Waals surface area contributed by atoms with Gasteiger partial charge in [-0.05, 0) is 42.5 Å². The summed E-state index contributed by atoms with van der Waals surface area (Å²) in [7, 11) is 0. The first-order valence-electron chi connectivity index (χ1n) is 13.0. The van der Waals surface area contributed by atoms with Gasteiger partial charge in [0.05, 0.1) is 0 Å². The first-order chi connectivity index (χ1) is 17.1. The summed E-state index contributed by atoms with van der Waals surface area (Å²) in [4.78, 5) is 9.09. The second-order valence-electron chi connectivity index (χ2n) is 9.17. The number of aromatic nitrogens is 2. The van der Waals surface area contributed by atoms with Gasteiger partial charge in [-0.2, -0.15) is 0 Å². The van der Waals surface area contributed by atoms with Crippen LogP contribution in [0.25, 0.3) is 22.5 Å². The molecule has 3 rings (SSSR count). The molecule has 2 aromatic carbocycles. The maximum atomic E-state index is 13.8. The van der Waals surface area contributed by atoms with Crippen molar-refractivity contribution in [2.75, 3.05) is 6.61 Å². The number of hydrogen-bond acceptors (Lipinski definition) is 3. The van der Waals surface area contributed by atoms with Gasteiger partial charge in [-0.15, -0.1) is 0 Å². The average molecular weight is 481 g/mol. The van der Waals surface area contributed by atoms with Crippen molar-refractivity contribution in [3.63, 3.8) is 0 Å². The molecule has 0 N–H and O–H groups in total. The average Bonchev–Trinajstić information content (AvgIpc) is 2.90. The molecule has 0 aliphatic carbocycles. The summed E-state index contributed by atoms with van der Waals surface area (Å²) >= 11 is 0. The van der Waals surface area contributed by atoms with E-state index in [1.54, 1.807) is 24.5 Å². The number of aryl methyl sites for hydroxylation is 1. The van der Waals surface area contributed by atoms with Crippen LogP contribution in [-0.2, 0) is 6.42 Å². The lowest BCUT2D eigenvalue weighted by molar-refractivity contribution is 0.103. The van der Waals surface area contributed by atoms with Gasteiger partial charge in [0.15, 0.2) is 12.0 Å². The van der Waals surface area contributed by atoms with Crippen molar-refractivity contribution in [2.24, 2.45) is 0 Å². The Balaban J connectivity index is 1.50. The van der Waals surface area contributed by atoms with E-state index in [9.17, 15) is 8.78 Å². The molecule has 0 unspecified atom stereocenters. The number of rotatable bonds is 15. The van der Waals surface area contributed by atoms with Gasteiger partial charge in [-0.3, -0.25) is 0 Å². The molecular weight excluding hydrogens is 442 g/mol. The van der Waals surface area contributed by atoms with E-state index in [0.717, 1.165) is 23.1 Å². The van der Waals surface area contributed by atoms with E-state index in [1.807, 2.05) is 19.1 Å². The van der Waals surface area contributed by atoms with Crippen LogP contribution in [0.4, 0.5) is 8.78 Å². The highest BCUT2D eigenvalue weighted by molar-refractivity contribution is 5.64. The first kappa shape index (κ1) is 26.8. The first-order valence-corrected chi connectivity index (χ1v) is 13.0. The molecule has 0 saturated carbocycles. The predicted octanol–water partition coefficient (Wildman–Crippen LogP) is 8.57. The van der Waals surface area contributed by atoms with E-state index >= 15 is 0 Å². The van der Waals surface area contributed by atoms with Crippen molar-refractivity contribution in [3.05, 3.63) is 66.5 Å². The summed E-state index contributed by atoms with van der Waals surface area (Å²) in [6.45, 7) is 3.80. The molecule has 3 nitrogen and oxygen atoms in total. The van der Waals surface area contributed by atoms with E-state index < -0.39 is 12.3 Å². The van der Waals surface area contributed by atoms with Crippen LogP contribution in [-0.4, -0.2) is 28.9 Å². The number of unbranched alkanes of at least 4 members (excludes halogenated alkanes) is 5. The third kappa shape index (κ3) is 8.72. The van der Waals surface area contributed by atoms with Gasteiger partial charge in [-0.25, -0.2) is 18.7 Å². The van der Waals surface area contributed by atoms with Gasteiger partial charge in [0.2, 0.25) is 0 Å². The number of halogens is 2. The Kier molecular flexibility index (Phi) is 11.1. The van der Waals surface area contributed by atoms with Crippen LogP contribution in [0, 0.1) is 0 Å². The zero-order valence-corrected chi connectivity index (χ0v) is 21.1. The highest BCUT2D eigenvalue weighted by Crippen LogP contribution is 2.24. The van der Waals surface area contributed by atoms with E-state index in [-0.39, 0.29) is 13.0 Å². The summed E-state index contributed by atoms with van der Waals surface area (Å²) in [6.07, 6.45) is 10.3. The third-order valence-corrected chi connectivity index (χ3v) is 6.24. The minimum atomic E-state index is -1.61. The van der Waals surface area contributed by atoms with Crippen molar-refractivity contribution in [2.45, 2.75) is 84.0 Å². The quantitative estimate of drug-likeness (QED) is 0.204. The smallest absolute Gasteiger partial charge is 0.165 e. The Morgan fingerprint density at radius 3 is 1.97 bits per heavy atom. The maximum absolute atomic E-state index is 13.8. The monoisotopic (exact) mass is 480 g/mol. The summed E-state index contributed by atoms with van der Waals surface area (Å²) in [5.74, 6) is 1.21. The summed E-state index contributed by atoms with van der Waals surface area (Å²) in [5.41, 5.74) is 4.18. The number of alkyl halides is 2. The van der Waals surface area contributed by atoms with Crippen LogP contribution in [0.5, 0.6) is 5.75 Å². The van der Waals surface area contributed by atoms with E-state index in [0.29, 0.717) is 18.0 Å². The minimum Gasteiger partial charge on any atom is -0.490 e. The van der Waals surface area contributed by atoms with E-state index in [4.69, 9.17) is 4.74 Å². The molecule has 0 bridgehead atoms. The molecule has 0 radical (unpaired) electrons. The fourth-order valence-corrected chi connectivity index (χ4v) is 4.04. The molecule has 0 saturated heterocycles. The third-order valence-electron chi connectivity index (χ3n) is 6.24. The molecule has 0 amide bonds. The Labute approximate surface area is 209 Å². The van der Waals surface area contributed by atoms with Crippen LogP contribution >= 0.6 is 0 Å². The molecule has 3 aromatic rings. The maximum Gasteiger partial charge on any atom is 0.165 e. The molecule has 0 aliphatic heterocycles. The topological polar surface area (TPSA) is 35.0 Å². The van der Waals surface area contributed by atoms with Gasteiger partial charge in [0.25, 0.3) is 0 Å². The zero-order valence-electron chi connectivity index (χ0n) is 21.1. The lowest BCUT2D eigenvalue weighted by Crippen LogP contribution is -2.24. The van der Waals surface area contributed by atoms with Crippen LogP contribution in [0.2, 0.25) is 0 Å². The Hall–Kier alpha value is -2.82. The molecular formula is C30H38F2N2O. The molecule has 5 heteroatoms. The van der Waals surface area contributed by atoms with Crippen molar-refractivity contribution in [1.82, 2.24) is 9.97 Å². The largest absolute Gasteiger partial charge is 0.490 e. The number of nitrogens with zero attached hydrogens (tertiary/aromatic N) is 2. The molecule has 2 atom stereocenters. The number of hydrogen-bond donors (Lipinski definition) is 0. The molecule has 0 aliphatic rings. The SMILES string of the molecule is CCCCCCCCc1ccc(-c2ncc(-c3ccc(OC[C@H](F)[C@@H](F)CCC)cc3)cn2)cc1. The number of ether oxygens (including phenoxy) is 1. The minimum absolute atomic E-state index is 0.211. The van der Waals surface area contributed by atoms with Gasteiger partial charge in [-0.1, -0.05) is 88.8 Å². The molecule has 188 valence electrons. The van der Waals surface area contributed by atoms with Crippen LogP contribution < -0.4 is 4.74 Å². The Morgan fingerprint density at radius 1 is 0.686 bits per heavy atom. The Morgan fingerprint density at radius 2 is 1.31 bits per heavy atom. The molecule has 0 spiro atoms. The van der Waals surface area contributed by atoms with E-state index in [2.05, 4.69) is 41.2 Å². The second kappa shape index (κ2) is 14.6. The van der Waals surface area contributed by atoms with Gasteiger partial charge in [0, 0.05) is 23.5 Å². The fourth-order valence-electron chi connectivity index (χ4n) is 4.04. The molecule has 35 heavy (non-hydrogen) atoms. The van der Waals surface area contributed by atoms with Crippen LogP contribution in [0.15, 0.2) is 60.9 Å². The summed E-state index contributed by atoms with van der Waals surface area (Å²) < 4.78 is 32.8. The van der Waals surface area contributed by atoms with Gasteiger partial charge >= 0.3 is 0 Å². The van der Waals surface area contributed by atoms with Gasteiger partial charge in [0.1, 0.15) is 18.5 Å². The second-order valence-corrected chi connectivity index (χ2v) is 9.17. The van der Waals surface area contributed by atoms with Crippen molar-refractivity contribution < 1.29 is 13.5 Å². The Bertz CT molecular complexity index is 975. The van der Waals surface area contributed by atoms with Crippen molar-refractivity contribution in [3.8, 4) is 28.3 Å². The van der Waals surface area contributed by atoms with Crippen LogP contribution in [0.3, 0.4) is 0 Å². The van der Waals surface area contributed by atoms with Gasteiger partial charge < -0.3 is 4.74 Å². The molecule has 1 aromatic heterocycles. The van der Waals surface area contributed by atoms with E-state index in [1.165, 1.54) is 44.1 Å². The normalized spacial score (nSPS) is 12.9. The standard InChI is InChI=1S/C30H38F2N2O/c1-3-5-6-7-8-9-11-23-12-14-25(15-13-23)30-33-20-26(21-34-30)24-16-18-27(19-17-24)35-22-29(32)28(31)10-4-2/h12-21,28-29H,3-11,22H2,1-2H3/t28-,29-/m0/s1. The summed E-state index contributed by atoms with van der Waals surface area (Å²) in [6, 6.07) is 15.8. The summed E-state index contributed by atoms with van der Waals surface area (Å²) in [5, 5.41) is 0. The van der Waals surface area contributed by atoms with Crippen molar-refractivity contribution in [1.29, 1.82) is 0 Å². The molecule has 1 heterocycles. The lowest BCUT2D eigenvalue weighted by atomic mass is 10.0. The highest BCUT2D eigenvalue weighted by atomic mass is 19.2. The lowest BCUT2D eigenvalue weighted by Gasteiger charge is -2.14. The zero-order chi connectivity index (χ0) is 24.9. The predicted molar refractivity (Wildman–Crippen MR) is 140 cm³/mol. The number of benzene rings is 2. The van der Waals surface area contributed by atoms with Crippen molar-refractivity contribution >= 4 is 0 Å².